The zero-order valence-corrected chi connectivity index (χ0v) is 30.0. The van der Waals surface area contributed by atoms with Crippen LogP contribution in [0.2, 0.25) is 0 Å². The van der Waals surface area contributed by atoms with Crippen molar-refractivity contribution in [1.29, 1.82) is 0 Å². The van der Waals surface area contributed by atoms with Crippen LogP contribution in [-0.2, 0) is 29.2 Å². The van der Waals surface area contributed by atoms with Crippen LogP contribution in [0.4, 0.5) is 0 Å². The number of fused-ring (bicyclic) bond motifs is 1. The van der Waals surface area contributed by atoms with Crippen LogP contribution in [-0.4, -0.2) is 79.8 Å². The van der Waals surface area contributed by atoms with Crippen LogP contribution < -0.4 is 24.8 Å². The Balaban J connectivity index is 1.28. The van der Waals surface area contributed by atoms with Gasteiger partial charge in [0.2, 0.25) is 17.7 Å². The highest BCUT2D eigenvalue weighted by Gasteiger charge is 2.61. The van der Waals surface area contributed by atoms with Crippen molar-refractivity contribution in [3.05, 3.63) is 110 Å². The van der Waals surface area contributed by atoms with Gasteiger partial charge in [0.05, 0.1) is 36.3 Å². The molecule has 3 aromatic carbocycles. The van der Waals surface area contributed by atoms with Crippen LogP contribution in [0.5, 0.6) is 11.5 Å². The summed E-state index contributed by atoms with van der Waals surface area (Å²) in [5.74, 6) is -2.14. The summed E-state index contributed by atoms with van der Waals surface area (Å²) in [6.07, 6.45) is 3.71. The molecule has 1 aliphatic heterocycles. The average molecular weight is 738 g/mol. The summed E-state index contributed by atoms with van der Waals surface area (Å²) in [4.78, 5) is 59.5. The summed E-state index contributed by atoms with van der Waals surface area (Å²) >= 11 is 0. The second-order valence-electron chi connectivity index (χ2n) is 12.8. The second-order valence-corrected chi connectivity index (χ2v) is 14.4. The standard InChI is InChI=1S/C39H39N5O8S/c1-4-12-35(45)40-23-36(46)44-24-28(52-34-21-31(25-13-8-6-9-14-25)41-32-19-27(51-3)17-18-30(32)34)20-33(44)37(47)42-39(22-26(39)5-2)38(48)43-53(49,50)29-15-10-7-11-16-29/h4-19,21,26,28,33H,2,20,22-24H2,1,3H3,(H,40,45)(H,42,47)(H,43,48)/b12-4+/t26-,28-,33+,39-/m1/s1. The lowest BCUT2D eigenvalue weighted by Gasteiger charge is -2.26. The minimum atomic E-state index is -4.25. The van der Waals surface area contributed by atoms with Crippen molar-refractivity contribution >= 4 is 44.6 Å². The number of methoxy groups -OCH3 is 1. The van der Waals surface area contributed by atoms with E-state index >= 15 is 0 Å². The molecule has 2 aliphatic rings. The van der Waals surface area contributed by atoms with E-state index in [2.05, 4.69) is 21.9 Å². The van der Waals surface area contributed by atoms with Crippen LogP contribution in [0, 0.1) is 5.92 Å². The maximum Gasteiger partial charge on any atom is 0.264 e. The van der Waals surface area contributed by atoms with Gasteiger partial charge in [-0.15, -0.1) is 6.58 Å². The van der Waals surface area contributed by atoms with Crippen molar-refractivity contribution in [3.8, 4) is 22.8 Å². The number of hydrogen-bond donors (Lipinski definition) is 3. The minimum absolute atomic E-state index is 0.0243. The predicted octanol–water partition coefficient (Wildman–Crippen LogP) is 3.52. The van der Waals surface area contributed by atoms with Crippen LogP contribution in [0.25, 0.3) is 22.2 Å². The normalized spacial score (nSPS) is 20.8. The number of pyridine rings is 1. The number of allylic oxidation sites excluding steroid dienone is 1. The molecule has 0 radical (unpaired) electrons. The van der Waals surface area contributed by atoms with E-state index in [9.17, 15) is 27.6 Å². The number of aromatic nitrogens is 1. The van der Waals surface area contributed by atoms with Crippen molar-refractivity contribution in [3.63, 3.8) is 0 Å². The van der Waals surface area contributed by atoms with Gasteiger partial charge < -0.3 is 25.0 Å². The molecule has 274 valence electrons. The molecular weight excluding hydrogens is 699 g/mol. The third-order valence-electron chi connectivity index (χ3n) is 9.29. The molecule has 0 spiro atoms. The fourth-order valence-electron chi connectivity index (χ4n) is 6.43. The Morgan fingerprint density at radius 2 is 1.74 bits per heavy atom. The Morgan fingerprint density at radius 1 is 1.02 bits per heavy atom. The fourth-order valence-corrected chi connectivity index (χ4v) is 7.49. The van der Waals surface area contributed by atoms with E-state index in [1.54, 1.807) is 38.3 Å². The predicted molar refractivity (Wildman–Crippen MR) is 197 cm³/mol. The molecule has 2 fully saturated rings. The molecule has 1 aliphatic carbocycles. The Bertz CT molecular complexity index is 2200. The Kier molecular flexibility index (Phi) is 10.6. The van der Waals surface area contributed by atoms with E-state index in [-0.39, 0.29) is 24.3 Å². The number of amides is 4. The summed E-state index contributed by atoms with van der Waals surface area (Å²) in [6.45, 7) is 5.00. The molecule has 53 heavy (non-hydrogen) atoms. The average Bonchev–Trinajstić information content (AvgIpc) is 3.72. The van der Waals surface area contributed by atoms with Crippen molar-refractivity contribution in [2.24, 2.45) is 5.92 Å². The van der Waals surface area contributed by atoms with E-state index in [4.69, 9.17) is 14.5 Å². The third kappa shape index (κ3) is 7.92. The van der Waals surface area contributed by atoms with Gasteiger partial charge in [-0.05, 0) is 43.7 Å². The van der Waals surface area contributed by atoms with Gasteiger partial charge in [-0.1, -0.05) is 60.7 Å². The van der Waals surface area contributed by atoms with Crippen LogP contribution in [0.1, 0.15) is 19.8 Å². The molecule has 4 atom stereocenters. The molecule has 0 bridgehead atoms. The quantitative estimate of drug-likeness (QED) is 0.137. The lowest BCUT2D eigenvalue weighted by atomic mass is 10.1. The summed E-state index contributed by atoms with van der Waals surface area (Å²) in [6, 6.07) is 23.0. The first-order chi connectivity index (χ1) is 25.5. The maximum atomic E-state index is 14.1. The monoisotopic (exact) mass is 737 g/mol. The molecule has 1 aromatic heterocycles. The van der Waals surface area contributed by atoms with Gasteiger partial charge in [-0.3, -0.25) is 19.2 Å². The molecule has 4 aromatic rings. The smallest absolute Gasteiger partial charge is 0.264 e. The largest absolute Gasteiger partial charge is 0.497 e. The number of nitrogens with one attached hydrogen (secondary N) is 3. The molecule has 1 saturated heterocycles. The van der Waals surface area contributed by atoms with Gasteiger partial charge in [-0.25, -0.2) is 18.1 Å². The first-order valence-corrected chi connectivity index (χ1v) is 18.4. The molecular formula is C39H39N5O8S. The van der Waals surface area contributed by atoms with Crippen molar-refractivity contribution in [2.75, 3.05) is 20.2 Å². The van der Waals surface area contributed by atoms with E-state index < -0.39 is 63.8 Å². The molecule has 0 unspecified atom stereocenters. The summed E-state index contributed by atoms with van der Waals surface area (Å²) < 4.78 is 40.2. The minimum Gasteiger partial charge on any atom is -0.497 e. The molecule has 2 heterocycles. The molecule has 4 amide bonds. The van der Waals surface area contributed by atoms with Gasteiger partial charge >= 0.3 is 0 Å². The molecule has 3 N–H and O–H groups in total. The van der Waals surface area contributed by atoms with Crippen LogP contribution >= 0.6 is 0 Å². The Labute approximate surface area is 307 Å². The van der Waals surface area contributed by atoms with Gasteiger partial charge in [0.1, 0.15) is 29.2 Å². The van der Waals surface area contributed by atoms with E-state index in [0.717, 1.165) is 5.56 Å². The number of benzene rings is 3. The molecule has 13 nitrogen and oxygen atoms in total. The first kappa shape index (κ1) is 36.8. The van der Waals surface area contributed by atoms with Crippen molar-refractivity contribution in [2.45, 2.75) is 42.3 Å². The van der Waals surface area contributed by atoms with E-state index in [0.29, 0.717) is 28.1 Å². The second kappa shape index (κ2) is 15.3. The highest BCUT2D eigenvalue weighted by atomic mass is 32.2. The number of rotatable bonds is 13. The zero-order valence-electron chi connectivity index (χ0n) is 29.2. The molecule has 14 heteroatoms. The van der Waals surface area contributed by atoms with Gasteiger partial charge in [-0.2, -0.15) is 0 Å². The summed E-state index contributed by atoms with van der Waals surface area (Å²) in [7, 11) is -2.69. The zero-order chi connectivity index (χ0) is 37.8. The van der Waals surface area contributed by atoms with Crippen molar-refractivity contribution < 1.29 is 37.1 Å². The highest BCUT2D eigenvalue weighted by molar-refractivity contribution is 7.90. The third-order valence-corrected chi connectivity index (χ3v) is 10.6. The Morgan fingerprint density at radius 3 is 2.40 bits per heavy atom. The Hall–Kier alpha value is -6.02. The first-order valence-electron chi connectivity index (χ1n) is 17.0. The van der Waals surface area contributed by atoms with E-state index in [1.165, 1.54) is 47.4 Å². The van der Waals surface area contributed by atoms with Gasteiger partial charge in [0.25, 0.3) is 15.9 Å². The number of hydrogen-bond acceptors (Lipinski definition) is 9. The van der Waals surface area contributed by atoms with Crippen LogP contribution in [0.3, 0.4) is 0 Å². The summed E-state index contributed by atoms with van der Waals surface area (Å²) in [5, 5.41) is 5.96. The SMILES string of the molecule is C=C[C@@H]1C[C@]1(NC(=O)[C@@H]1C[C@@H](Oc2cc(-c3ccccc3)nc3cc(OC)ccc23)CN1C(=O)CNC(=O)/C=C/C)C(=O)NS(=O)(=O)c1ccccc1. The van der Waals surface area contributed by atoms with Gasteiger partial charge in [0.15, 0.2) is 0 Å². The van der Waals surface area contributed by atoms with Crippen molar-refractivity contribution in [1.82, 2.24) is 25.2 Å². The fraction of sp³-hybridized carbons (Fsp3) is 0.256. The number of carbonyl (C=O) groups is 4. The number of nitrogens with zero attached hydrogens (tertiary/aromatic N) is 2. The lowest BCUT2D eigenvalue weighted by Crippen LogP contribution is -2.56. The number of likely N-dealkylation sites (tertiary alicyclic amines) is 1. The topological polar surface area (TPSA) is 173 Å². The summed E-state index contributed by atoms with van der Waals surface area (Å²) in [5.41, 5.74) is 0.476. The number of carbonyl (C=O) groups excluding carboxylic acids is 4. The molecule has 6 rings (SSSR count). The van der Waals surface area contributed by atoms with Crippen LogP contribution in [0.15, 0.2) is 115 Å². The maximum absolute atomic E-state index is 14.1. The highest BCUT2D eigenvalue weighted by Crippen LogP contribution is 2.45. The number of ether oxygens (including phenoxy) is 2. The molecule has 1 saturated carbocycles. The number of sulfonamides is 1. The lowest BCUT2D eigenvalue weighted by molar-refractivity contribution is -0.139. The van der Waals surface area contributed by atoms with Gasteiger partial charge in [0, 0.05) is 35.4 Å². The van der Waals surface area contributed by atoms with E-state index in [1.807, 2.05) is 36.4 Å².